The molecule has 0 saturated carbocycles. The number of benzene rings is 2. The zero-order valence-corrected chi connectivity index (χ0v) is 41.5. The second-order valence-corrected chi connectivity index (χ2v) is 20.1. The Morgan fingerprint density at radius 1 is 0.704 bits per heavy atom. The Balaban J connectivity index is 0.000000251. The maximum atomic E-state index is 12.7. The van der Waals surface area contributed by atoms with Crippen LogP contribution in [-0.2, 0) is 50.7 Å². The maximum Gasteiger partial charge on any atom is 0.407 e. The molecule has 0 bridgehead atoms. The van der Waals surface area contributed by atoms with Crippen molar-refractivity contribution in [2.75, 3.05) is 59.3 Å². The van der Waals surface area contributed by atoms with Crippen LogP contribution in [-0.4, -0.2) is 137 Å². The molecule has 18 nitrogen and oxygen atoms in total. The van der Waals surface area contributed by atoms with Gasteiger partial charge in [0.2, 0.25) is 0 Å². The van der Waals surface area contributed by atoms with Crippen molar-refractivity contribution in [1.29, 1.82) is 10.5 Å². The van der Waals surface area contributed by atoms with Gasteiger partial charge in [-0.15, -0.1) is 0 Å². The molecule has 0 unspecified atom stereocenters. The van der Waals surface area contributed by atoms with Gasteiger partial charge in [0.25, 0.3) is 0 Å². The van der Waals surface area contributed by atoms with Gasteiger partial charge in [0.15, 0.2) is 18.9 Å². The lowest BCUT2D eigenvalue weighted by molar-refractivity contribution is -0.122. The molecule has 396 valence electrons. The lowest BCUT2D eigenvalue weighted by Crippen LogP contribution is -2.50. The van der Waals surface area contributed by atoms with E-state index in [1.807, 2.05) is 60.7 Å². The molecule has 5 heterocycles. The number of nitrogens with two attached hydrogens (primary N) is 1. The standard InChI is InChI=1S/C25H37N3O5.C17H24N2O5.C10H17NO2.CH4/c1-25(2,11-6-7-12-26)17-27-15-21(29)20(14-18-8-4-3-5-9-18)28-24(30)33-22-16-32-23-19(22)10-13-31-23;18-9-14(20)13(8-11-4-2-1-3-5-11)19-17(21)24-15-10-23-16-12(15)6-7-22-16;1-10(2,5-3-4-6-11)9-12-7-8-13-9;/h3-5,8-9,19-23,27,29H,6-7,10-11,13-17H2,1-2H3,(H,28,30);1-5,12-16,20H,6-10,18H2,(H,19,21);9H,3-5,7-8H2,1-2H3;1H4/t19-,20+,21-,22-,23+;12-,13+,14-,15-,16+;;/m11../s1. The number of rotatable bonds is 22. The number of hydrogen-bond donors (Lipinski definition) is 6. The number of unbranched alkanes of at least 4 members (excludes halogenated alkanes) is 2. The molecule has 0 aromatic heterocycles. The van der Waals surface area contributed by atoms with E-state index in [-0.39, 0.29) is 67.7 Å². The predicted molar refractivity (Wildman–Crippen MR) is 265 cm³/mol. The Kier molecular flexibility index (Phi) is 25.4. The SMILES string of the molecule is C.CC(C)(CCCC#N)C1OCCO1.CC(C)(CCCC#N)CNC[C@@H](O)[C@H](Cc1ccccc1)NC(=O)O[C@@H]1CO[C@@H]2OCC[C@@H]21.NC[C@@H](O)[C@H](Cc1ccccc1)NC(=O)O[C@@H]1CO[C@@H]2OCC[C@@H]21. The van der Waals surface area contributed by atoms with E-state index < -0.39 is 36.5 Å². The van der Waals surface area contributed by atoms with Crippen molar-refractivity contribution in [2.45, 2.75) is 155 Å². The Labute approximate surface area is 421 Å². The highest BCUT2D eigenvalue weighted by Crippen LogP contribution is 2.35. The maximum absolute atomic E-state index is 12.7. The fraction of sp³-hybridized carbons (Fsp3) is 0.698. The van der Waals surface area contributed by atoms with Gasteiger partial charge >= 0.3 is 12.2 Å². The van der Waals surface area contributed by atoms with Crippen molar-refractivity contribution >= 4 is 12.2 Å². The zero-order chi connectivity index (χ0) is 50.4. The number of ether oxygens (including phenoxy) is 8. The molecule has 5 aliphatic rings. The summed E-state index contributed by atoms with van der Waals surface area (Å²) in [7, 11) is 0. The Morgan fingerprint density at radius 3 is 1.63 bits per heavy atom. The second-order valence-electron chi connectivity index (χ2n) is 20.1. The van der Waals surface area contributed by atoms with Crippen molar-refractivity contribution in [3.8, 4) is 12.1 Å². The second kappa shape index (κ2) is 30.6. The third-order valence-corrected chi connectivity index (χ3v) is 13.3. The molecular formula is C53H82N6O12. The number of carbonyl (C=O) groups excluding carboxylic acids is 2. The van der Waals surface area contributed by atoms with Gasteiger partial charge in [0, 0.05) is 37.9 Å². The number of carbonyl (C=O) groups is 2. The van der Waals surface area contributed by atoms with Crippen LogP contribution in [0.5, 0.6) is 0 Å². The van der Waals surface area contributed by atoms with Crippen LogP contribution in [0, 0.1) is 45.3 Å². The Hall–Kier alpha value is -4.44. The van der Waals surface area contributed by atoms with Gasteiger partial charge in [-0.3, -0.25) is 0 Å². The number of amides is 2. The minimum atomic E-state index is -0.847. The third-order valence-electron chi connectivity index (χ3n) is 13.3. The van der Waals surface area contributed by atoms with Crippen LogP contribution in [0.25, 0.3) is 0 Å². The van der Waals surface area contributed by atoms with Crippen LogP contribution in [0.4, 0.5) is 9.59 Å². The molecule has 5 aliphatic heterocycles. The number of fused-ring (bicyclic) bond motifs is 2. The summed E-state index contributed by atoms with van der Waals surface area (Å²) >= 11 is 0. The fourth-order valence-corrected chi connectivity index (χ4v) is 9.19. The zero-order valence-electron chi connectivity index (χ0n) is 41.5. The molecule has 2 aromatic carbocycles. The normalized spacial score (nSPS) is 24.1. The molecule has 10 atom stereocenters. The van der Waals surface area contributed by atoms with Gasteiger partial charge < -0.3 is 69.8 Å². The average molecular weight is 995 g/mol. The van der Waals surface area contributed by atoms with E-state index in [2.05, 4.69) is 55.8 Å². The smallest absolute Gasteiger partial charge is 0.407 e. The summed E-state index contributed by atoms with van der Waals surface area (Å²) in [6.07, 6.45) is 3.42. The fourth-order valence-electron chi connectivity index (χ4n) is 9.19. The van der Waals surface area contributed by atoms with E-state index in [1.165, 1.54) is 0 Å². The van der Waals surface area contributed by atoms with Crippen LogP contribution < -0.4 is 21.7 Å². The first kappa shape index (κ1) is 59.1. The molecular weight excluding hydrogens is 913 g/mol. The first-order valence-corrected chi connectivity index (χ1v) is 24.9. The van der Waals surface area contributed by atoms with Crippen LogP contribution in [0.1, 0.15) is 97.6 Å². The average Bonchev–Trinajstić information content (AvgIpc) is 4.21. The number of aliphatic hydroxyl groups excluding tert-OH is 2. The molecule has 5 saturated heterocycles. The monoisotopic (exact) mass is 995 g/mol. The summed E-state index contributed by atoms with van der Waals surface area (Å²) < 4.78 is 43.9. The summed E-state index contributed by atoms with van der Waals surface area (Å²) in [5.74, 6) is 0.154. The van der Waals surface area contributed by atoms with Gasteiger partial charge in [-0.05, 0) is 67.9 Å². The highest BCUT2D eigenvalue weighted by molar-refractivity contribution is 5.68. The molecule has 0 spiro atoms. The minimum Gasteiger partial charge on any atom is -0.443 e. The highest BCUT2D eigenvalue weighted by Gasteiger charge is 2.45. The van der Waals surface area contributed by atoms with E-state index in [4.69, 9.17) is 54.2 Å². The summed E-state index contributed by atoms with van der Waals surface area (Å²) in [5.41, 5.74) is 7.63. The minimum absolute atomic E-state index is 0. The van der Waals surface area contributed by atoms with E-state index in [9.17, 15) is 19.8 Å². The lowest BCUT2D eigenvalue weighted by Gasteiger charge is -2.29. The topological polar surface area (TPSA) is 258 Å². The summed E-state index contributed by atoms with van der Waals surface area (Å²) in [6.45, 7) is 13.0. The number of hydrogen-bond acceptors (Lipinski definition) is 16. The van der Waals surface area contributed by atoms with Crippen LogP contribution >= 0.6 is 0 Å². The molecule has 7 rings (SSSR count). The summed E-state index contributed by atoms with van der Waals surface area (Å²) in [6, 6.07) is 22.7. The van der Waals surface area contributed by atoms with Crippen molar-refractivity contribution < 1.29 is 57.7 Å². The van der Waals surface area contributed by atoms with Gasteiger partial charge in [0.05, 0.1) is 87.9 Å². The molecule has 71 heavy (non-hydrogen) atoms. The summed E-state index contributed by atoms with van der Waals surface area (Å²) in [5, 5.41) is 47.1. The van der Waals surface area contributed by atoms with E-state index >= 15 is 0 Å². The molecule has 2 aromatic rings. The van der Waals surface area contributed by atoms with Crippen molar-refractivity contribution in [3.63, 3.8) is 0 Å². The Bertz CT molecular complexity index is 1910. The first-order chi connectivity index (χ1) is 33.7. The number of nitrogens with zero attached hydrogens (tertiary/aromatic N) is 2. The molecule has 0 aliphatic carbocycles. The lowest BCUT2D eigenvalue weighted by atomic mass is 9.86. The molecule has 7 N–H and O–H groups in total. The highest BCUT2D eigenvalue weighted by atomic mass is 16.7. The molecule has 5 fully saturated rings. The molecule has 18 heteroatoms. The van der Waals surface area contributed by atoms with Crippen molar-refractivity contribution in [1.82, 2.24) is 16.0 Å². The third kappa shape index (κ3) is 19.8. The largest absolute Gasteiger partial charge is 0.443 e. The molecule has 2 amide bonds. The Morgan fingerprint density at radius 2 is 1.17 bits per heavy atom. The van der Waals surface area contributed by atoms with Crippen LogP contribution in [0.15, 0.2) is 60.7 Å². The van der Waals surface area contributed by atoms with Crippen LogP contribution in [0.3, 0.4) is 0 Å². The van der Waals surface area contributed by atoms with Gasteiger partial charge in [-0.2, -0.15) is 10.5 Å². The van der Waals surface area contributed by atoms with Crippen molar-refractivity contribution in [2.24, 2.45) is 28.4 Å². The van der Waals surface area contributed by atoms with Gasteiger partial charge in [-0.1, -0.05) is 95.8 Å². The first-order valence-electron chi connectivity index (χ1n) is 24.9. The number of nitrogens with one attached hydrogen (secondary N) is 3. The number of aliphatic hydroxyl groups is 2. The number of alkyl carbamates (subject to hydrolysis) is 2. The van der Waals surface area contributed by atoms with Gasteiger partial charge in [-0.25, -0.2) is 9.59 Å². The van der Waals surface area contributed by atoms with E-state index in [0.29, 0.717) is 78.4 Å². The quantitative estimate of drug-likeness (QED) is 0.0754. The van der Waals surface area contributed by atoms with Gasteiger partial charge in [0.1, 0.15) is 12.2 Å². The molecule has 0 radical (unpaired) electrons. The van der Waals surface area contributed by atoms with E-state index in [1.54, 1.807) is 0 Å². The number of nitriles is 2. The summed E-state index contributed by atoms with van der Waals surface area (Å²) in [4.78, 5) is 24.9. The van der Waals surface area contributed by atoms with Crippen LogP contribution in [0.2, 0.25) is 0 Å². The predicted octanol–water partition coefficient (Wildman–Crippen LogP) is 5.88. The van der Waals surface area contributed by atoms with E-state index in [0.717, 1.165) is 49.7 Å². The van der Waals surface area contributed by atoms with Crippen molar-refractivity contribution in [3.05, 3.63) is 71.8 Å².